The Morgan fingerprint density at radius 2 is 1.71 bits per heavy atom. The summed E-state index contributed by atoms with van der Waals surface area (Å²) in [5.74, 6) is -1.22. The average molecular weight is 438 g/mol. The van der Waals surface area contributed by atoms with Gasteiger partial charge in [-0.2, -0.15) is 0 Å². The quantitative estimate of drug-likeness (QED) is 0.427. The van der Waals surface area contributed by atoms with Crippen LogP contribution in [0.2, 0.25) is 5.02 Å². The molecule has 1 amide bonds. The van der Waals surface area contributed by atoms with E-state index in [0.29, 0.717) is 28.5 Å². The van der Waals surface area contributed by atoms with Crippen molar-refractivity contribution in [2.75, 3.05) is 11.5 Å². The second kappa shape index (κ2) is 8.74. The minimum absolute atomic E-state index is 0.0253. The van der Waals surface area contributed by atoms with E-state index in [0.717, 1.165) is 23.4 Å². The number of halogens is 3. The van der Waals surface area contributed by atoms with Crippen molar-refractivity contribution in [2.45, 2.75) is 6.92 Å². The van der Waals surface area contributed by atoms with Crippen molar-refractivity contribution in [3.63, 3.8) is 0 Å². The number of amides is 1. The van der Waals surface area contributed by atoms with E-state index in [1.54, 1.807) is 36.4 Å². The van der Waals surface area contributed by atoms with Gasteiger partial charge in [0.1, 0.15) is 17.4 Å². The minimum atomic E-state index is -0.824. The van der Waals surface area contributed by atoms with Crippen molar-refractivity contribution in [2.24, 2.45) is 0 Å². The number of anilines is 1. The van der Waals surface area contributed by atoms with Crippen LogP contribution in [0.1, 0.15) is 18.1 Å². The third-order valence-corrected chi connectivity index (χ3v) is 5.04. The average Bonchev–Trinajstić information content (AvgIpc) is 3.06. The molecule has 3 nitrogen and oxygen atoms in total. The van der Waals surface area contributed by atoms with Crippen LogP contribution in [0.15, 0.2) is 78.4 Å². The van der Waals surface area contributed by atoms with Crippen LogP contribution in [-0.2, 0) is 4.79 Å². The zero-order chi connectivity index (χ0) is 22.0. The standard InChI is InChI=1S/C25H18ClF2NO2/c1-2-31-21-10-3-16(4-11-21)13-18-14-24(17-5-7-19(26)8-6-17)29(25(18)30)23-12-9-20(27)15-22(23)28/h3-15H,2H2,1H3/b18-13+. The lowest BCUT2D eigenvalue weighted by molar-refractivity contribution is -0.113. The number of ether oxygens (including phenoxy) is 1. The molecule has 0 unspecified atom stereocenters. The van der Waals surface area contributed by atoms with E-state index >= 15 is 0 Å². The molecular weight excluding hydrogens is 420 g/mol. The predicted molar refractivity (Wildman–Crippen MR) is 119 cm³/mol. The Labute approximate surface area is 183 Å². The summed E-state index contributed by atoms with van der Waals surface area (Å²) in [5, 5.41) is 0.540. The molecule has 0 saturated heterocycles. The van der Waals surface area contributed by atoms with Gasteiger partial charge in [-0.3, -0.25) is 9.69 Å². The Hall–Kier alpha value is -3.44. The van der Waals surface area contributed by atoms with Gasteiger partial charge in [-0.15, -0.1) is 0 Å². The van der Waals surface area contributed by atoms with Gasteiger partial charge in [0.05, 0.1) is 18.0 Å². The van der Waals surface area contributed by atoms with Crippen LogP contribution in [-0.4, -0.2) is 12.5 Å². The van der Waals surface area contributed by atoms with Crippen LogP contribution in [0.4, 0.5) is 14.5 Å². The first-order chi connectivity index (χ1) is 15.0. The van der Waals surface area contributed by atoms with Crippen LogP contribution in [0.25, 0.3) is 11.8 Å². The van der Waals surface area contributed by atoms with Crippen LogP contribution in [0, 0.1) is 11.6 Å². The highest BCUT2D eigenvalue weighted by molar-refractivity contribution is 6.30. The molecular formula is C25H18ClF2NO2. The van der Waals surface area contributed by atoms with Gasteiger partial charge in [-0.05, 0) is 66.6 Å². The van der Waals surface area contributed by atoms with Gasteiger partial charge < -0.3 is 4.74 Å². The first kappa shape index (κ1) is 20.8. The Morgan fingerprint density at radius 3 is 2.35 bits per heavy atom. The van der Waals surface area contributed by atoms with Gasteiger partial charge in [0.15, 0.2) is 0 Å². The monoisotopic (exact) mass is 437 g/mol. The zero-order valence-corrected chi connectivity index (χ0v) is 17.4. The molecule has 6 heteroatoms. The van der Waals surface area contributed by atoms with Gasteiger partial charge in [0.25, 0.3) is 5.91 Å². The lowest BCUT2D eigenvalue weighted by Gasteiger charge is -2.21. The van der Waals surface area contributed by atoms with Crippen molar-refractivity contribution in [1.29, 1.82) is 0 Å². The number of carbonyl (C=O) groups excluding carboxylic acids is 1. The number of hydrogen-bond donors (Lipinski definition) is 0. The highest BCUT2D eigenvalue weighted by Crippen LogP contribution is 2.37. The summed E-state index contributed by atoms with van der Waals surface area (Å²) < 4.78 is 33.5. The molecule has 156 valence electrons. The fourth-order valence-corrected chi connectivity index (χ4v) is 3.48. The summed E-state index contributed by atoms with van der Waals surface area (Å²) >= 11 is 5.99. The highest BCUT2D eigenvalue weighted by Gasteiger charge is 2.32. The van der Waals surface area contributed by atoms with Gasteiger partial charge in [0, 0.05) is 16.7 Å². The van der Waals surface area contributed by atoms with Crippen LogP contribution >= 0.6 is 11.6 Å². The molecule has 3 aromatic rings. The molecule has 0 fully saturated rings. The fraction of sp³-hybridized carbons (Fsp3) is 0.0800. The van der Waals surface area contributed by atoms with Crippen LogP contribution < -0.4 is 9.64 Å². The molecule has 4 rings (SSSR count). The van der Waals surface area contributed by atoms with Gasteiger partial charge in [0.2, 0.25) is 0 Å². The first-order valence-corrected chi connectivity index (χ1v) is 10.1. The number of rotatable bonds is 5. The van der Waals surface area contributed by atoms with Crippen molar-refractivity contribution < 1.29 is 18.3 Å². The van der Waals surface area contributed by atoms with Gasteiger partial charge in [-0.25, -0.2) is 8.78 Å². The summed E-state index contributed by atoms with van der Waals surface area (Å²) in [4.78, 5) is 14.5. The Kier molecular flexibility index (Phi) is 5.87. The maximum atomic E-state index is 14.6. The maximum absolute atomic E-state index is 14.6. The molecule has 1 aliphatic rings. The number of benzene rings is 3. The summed E-state index contributed by atoms with van der Waals surface area (Å²) in [6.45, 7) is 2.46. The lowest BCUT2D eigenvalue weighted by Crippen LogP contribution is -2.26. The van der Waals surface area contributed by atoms with E-state index < -0.39 is 17.5 Å². The third-order valence-electron chi connectivity index (χ3n) is 4.79. The summed E-state index contributed by atoms with van der Waals surface area (Å²) in [7, 11) is 0. The lowest BCUT2D eigenvalue weighted by atomic mass is 10.1. The Bertz CT molecular complexity index is 1190. The van der Waals surface area contributed by atoms with Crippen LogP contribution in [0.5, 0.6) is 5.75 Å². The molecule has 3 aromatic carbocycles. The number of nitrogens with zero attached hydrogens (tertiary/aromatic N) is 1. The SMILES string of the molecule is CCOc1ccc(/C=C2\C=C(c3ccc(Cl)cc3)N(c3ccc(F)cc3F)C2=O)cc1. The molecule has 0 bridgehead atoms. The highest BCUT2D eigenvalue weighted by atomic mass is 35.5. The van der Waals surface area contributed by atoms with Crippen LogP contribution in [0.3, 0.4) is 0 Å². The molecule has 0 saturated carbocycles. The Morgan fingerprint density at radius 1 is 1.00 bits per heavy atom. The van der Waals surface area contributed by atoms with Crippen molar-refractivity contribution in [1.82, 2.24) is 0 Å². The van der Waals surface area contributed by atoms with E-state index in [9.17, 15) is 13.6 Å². The molecule has 0 aromatic heterocycles. The number of carbonyl (C=O) groups is 1. The van der Waals surface area contributed by atoms with E-state index in [-0.39, 0.29) is 5.69 Å². The molecule has 0 atom stereocenters. The van der Waals surface area contributed by atoms with E-state index in [1.807, 2.05) is 31.2 Å². The third kappa shape index (κ3) is 4.37. The van der Waals surface area contributed by atoms with E-state index in [4.69, 9.17) is 16.3 Å². The second-order valence-electron chi connectivity index (χ2n) is 6.87. The second-order valence-corrected chi connectivity index (χ2v) is 7.31. The zero-order valence-electron chi connectivity index (χ0n) is 16.6. The van der Waals surface area contributed by atoms with Crippen molar-refractivity contribution in [3.05, 3.63) is 106 Å². The van der Waals surface area contributed by atoms with E-state index in [1.165, 1.54) is 11.0 Å². The largest absolute Gasteiger partial charge is 0.494 e. The van der Waals surface area contributed by atoms with Crippen molar-refractivity contribution >= 4 is 35.0 Å². The topological polar surface area (TPSA) is 29.5 Å². The van der Waals surface area contributed by atoms with Crippen molar-refractivity contribution in [3.8, 4) is 5.75 Å². The summed E-state index contributed by atoms with van der Waals surface area (Å²) in [5.41, 5.74) is 2.29. The molecule has 0 aliphatic carbocycles. The Balaban J connectivity index is 1.78. The summed E-state index contributed by atoms with van der Waals surface area (Å²) in [6.07, 6.45) is 3.40. The molecule has 0 radical (unpaired) electrons. The van der Waals surface area contributed by atoms with Gasteiger partial charge >= 0.3 is 0 Å². The number of hydrogen-bond acceptors (Lipinski definition) is 2. The minimum Gasteiger partial charge on any atom is -0.494 e. The molecule has 0 N–H and O–H groups in total. The molecule has 31 heavy (non-hydrogen) atoms. The predicted octanol–water partition coefficient (Wildman–Crippen LogP) is 6.49. The van der Waals surface area contributed by atoms with E-state index in [2.05, 4.69) is 0 Å². The van der Waals surface area contributed by atoms with Gasteiger partial charge in [-0.1, -0.05) is 35.9 Å². The maximum Gasteiger partial charge on any atom is 0.263 e. The molecule has 1 aliphatic heterocycles. The molecule has 0 spiro atoms. The summed E-state index contributed by atoms with van der Waals surface area (Å²) in [6, 6.07) is 17.3. The smallest absolute Gasteiger partial charge is 0.263 e. The normalized spacial score (nSPS) is 14.8. The fourth-order valence-electron chi connectivity index (χ4n) is 3.36. The molecule has 1 heterocycles. The first-order valence-electron chi connectivity index (χ1n) is 9.68.